The minimum absolute atomic E-state index is 0.0851. The maximum absolute atomic E-state index is 13.0. The first-order valence-electron chi connectivity index (χ1n) is 7.69. The molecule has 7 heteroatoms. The van der Waals surface area contributed by atoms with E-state index in [2.05, 4.69) is 20.8 Å². The molecule has 3 aromatic rings. The van der Waals surface area contributed by atoms with Gasteiger partial charge in [0.25, 0.3) is 5.91 Å². The summed E-state index contributed by atoms with van der Waals surface area (Å²) in [6.45, 7) is 1.75. The van der Waals surface area contributed by atoms with E-state index in [4.69, 9.17) is 0 Å². The molecule has 3 rings (SSSR count). The van der Waals surface area contributed by atoms with Gasteiger partial charge in [-0.2, -0.15) is 0 Å². The first-order valence-corrected chi connectivity index (χ1v) is 7.69. The van der Waals surface area contributed by atoms with Crippen molar-refractivity contribution in [3.63, 3.8) is 0 Å². The second-order valence-corrected chi connectivity index (χ2v) is 5.64. The largest absolute Gasteiger partial charge is 0.504 e. The van der Waals surface area contributed by atoms with Crippen LogP contribution in [0.3, 0.4) is 0 Å². The molecule has 1 amide bonds. The van der Waals surface area contributed by atoms with E-state index in [1.165, 1.54) is 12.1 Å². The molecule has 0 unspecified atom stereocenters. The topological polar surface area (TPSA) is 87.1 Å². The summed E-state index contributed by atoms with van der Waals surface area (Å²) in [4.78, 5) is 20.4. The van der Waals surface area contributed by atoms with Crippen LogP contribution in [0.15, 0.2) is 36.5 Å². The van der Waals surface area contributed by atoms with E-state index in [-0.39, 0.29) is 17.3 Å². The highest BCUT2D eigenvalue weighted by atomic mass is 19.1. The van der Waals surface area contributed by atoms with Crippen molar-refractivity contribution in [1.82, 2.24) is 20.8 Å². The molecule has 0 atom stereocenters. The van der Waals surface area contributed by atoms with Crippen molar-refractivity contribution >= 4 is 16.8 Å². The van der Waals surface area contributed by atoms with E-state index in [0.717, 1.165) is 11.1 Å². The summed E-state index contributed by atoms with van der Waals surface area (Å²) >= 11 is 0. The van der Waals surface area contributed by atoms with Gasteiger partial charge in [-0.25, -0.2) is 14.8 Å². The van der Waals surface area contributed by atoms with Gasteiger partial charge < -0.3 is 5.11 Å². The molecule has 6 nitrogen and oxygen atoms in total. The summed E-state index contributed by atoms with van der Waals surface area (Å²) < 4.78 is 13.0. The zero-order chi connectivity index (χ0) is 18.0. The van der Waals surface area contributed by atoms with Gasteiger partial charge >= 0.3 is 0 Å². The van der Waals surface area contributed by atoms with Gasteiger partial charge in [-0.05, 0) is 42.7 Å². The van der Waals surface area contributed by atoms with Crippen molar-refractivity contribution in [2.45, 2.75) is 13.3 Å². The number of benzene rings is 1. The number of carbonyl (C=O) groups is 1. The number of nitrogens with one attached hydrogen (secondary N) is 2. The van der Waals surface area contributed by atoms with Crippen molar-refractivity contribution in [3.8, 4) is 5.75 Å². The Hall–Kier alpha value is -3.06. The number of hydrogen-bond donors (Lipinski definition) is 3. The van der Waals surface area contributed by atoms with Gasteiger partial charge in [0.05, 0.1) is 0 Å². The van der Waals surface area contributed by atoms with Gasteiger partial charge in [0.2, 0.25) is 0 Å². The molecule has 0 spiro atoms. The van der Waals surface area contributed by atoms with E-state index in [0.29, 0.717) is 23.0 Å². The summed E-state index contributed by atoms with van der Waals surface area (Å²) in [5.74, 6) is -1.08. The van der Waals surface area contributed by atoms with E-state index in [1.54, 1.807) is 32.3 Å². The number of nitrogens with zero attached hydrogens (tertiary/aromatic N) is 2. The Balaban J connectivity index is 2.00. The summed E-state index contributed by atoms with van der Waals surface area (Å²) in [6, 6.07) is 8.12. The molecule has 2 aromatic heterocycles. The summed E-state index contributed by atoms with van der Waals surface area (Å²) in [5, 5.41) is 11.0. The first-order chi connectivity index (χ1) is 12.0. The fourth-order valence-corrected chi connectivity index (χ4v) is 2.63. The number of amides is 1. The first kappa shape index (κ1) is 16.8. The zero-order valence-corrected chi connectivity index (χ0v) is 13.8. The fraction of sp³-hybridized carbons (Fsp3) is 0.167. The number of aromatic nitrogens is 2. The molecule has 0 saturated carbocycles. The molecule has 0 fully saturated rings. The van der Waals surface area contributed by atoms with Gasteiger partial charge in [0.1, 0.15) is 11.3 Å². The Morgan fingerprint density at radius 1 is 1.24 bits per heavy atom. The predicted octanol–water partition coefficient (Wildman–Crippen LogP) is 2.24. The molecule has 0 saturated heterocycles. The minimum Gasteiger partial charge on any atom is -0.504 e. The lowest BCUT2D eigenvalue weighted by molar-refractivity contribution is 0.0930. The molecular formula is C18H17FN4O2. The van der Waals surface area contributed by atoms with Gasteiger partial charge in [0.15, 0.2) is 11.4 Å². The van der Waals surface area contributed by atoms with Crippen molar-refractivity contribution in [3.05, 3.63) is 64.9 Å². The normalized spacial score (nSPS) is 10.8. The van der Waals surface area contributed by atoms with Gasteiger partial charge in [-0.3, -0.25) is 15.2 Å². The van der Waals surface area contributed by atoms with Crippen molar-refractivity contribution in [1.29, 1.82) is 0 Å². The van der Waals surface area contributed by atoms with Crippen LogP contribution in [0, 0.1) is 12.7 Å². The van der Waals surface area contributed by atoms with Gasteiger partial charge in [-0.1, -0.05) is 12.1 Å². The molecule has 0 aliphatic carbocycles. The summed E-state index contributed by atoms with van der Waals surface area (Å²) in [7, 11) is 1.54. The number of carbonyl (C=O) groups excluding carboxylic acids is 1. The van der Waals surface area contributed by atoms with E-state index < -0.39 is 5.91 Å². The Morgan fingerprint density at radius 3 is 2.64 bits per heavy atom. The van der Waals surface area contributed by atoms with Gasteiger partial charge in [-0.15, -0.1) is 0 Å². The van der Waals surface area contributed by atoms with Crippen LogP contribution in [0.2, 0.25) is 0 Å². The number of aromatic hydroxyl groups is 1. The molecule has 0 bridgehead atoms. The number of hydrazine groups is 1. The van der Waals surface area contributed by atoms with Crippen LogP contribution < -0.4 is 10.9 Å². The van der Waals surface area contributed by atoms with E-state index in [9.17, 15) is 14.3 Å². The van der Waals surface area contributed by atoms with Crippen LogP contribution >= 0.6 is 0 Å². The average molecular weight is 340 g/mol. The summed E-state index contributed by atoms with van der Waals surface area (Å²) in [6.07, 6.45) is 2.20. The van der Waals surface area contributed by atoms with Crippen LogP contribution in [0.1, 0.15) is 27.3 Å². The molecule has 2 heterocycles. The third-order valence-corrected chi connectivity index (χ3v) is 3.84. The van der Waals surface area contributed by atoms with Crippen LogP contribution in [-0.2, 0) is 6.42 Å². The van der Waals surface area contributed by atoms with Crippen LogP contribution in [-0.4, -0.2) is 28.0 Å². The molecule has 0 radical (unpaired) electrons. The fourth-order valence-electron chi connectivity index (χ4n) is 2.63. The second-order valence-electron chi connectivity index (χ2n) is 5.64. The lowest BCUT2D eigenvalue weighted by Crippen LogP contribution is -2.34. The smallest absolute Gasteiger partial charge is 0.287 e. The van der Waals surface area contributed by atoms with Crippen LogP contribution in [0.4, 0.5) is 4.39 Å². The van der Waals surface area contributed by atoms with Gasteiger partial charge in [0, 0.05) is 24.3 Å². The maximum atomic E-state index is 13.0. The highest BCUT2D eigenvalue weighted by Crippen LogP contribution is 2.28. The number of fused-ring (bicyclic) bond motifs is 1. The summed E-state index contributed by atoms with van der Waals surface area (Å²) in [5.41, 5.74) is 7.54. The number of pyridine rings is 2. The highest BCUT2D eigenvalue weighted by molar-refractivity contribution is 6.00. The molecular weight excluding hydrogens is 323 g/mol. The average Bonchev–Trinajstić information content (AvgIpc) is 2.60. The number of rotatable bonds is 4. The number of hydrogen-bond acceptors (Lipinski definition) is 5. The number of aryl methyl sites for hydroxylation is 1. The monoisotopic (exact) mass is 340 g/mol. The predicted molar refractivity (Wildman–Crippen MR) is 91.7 cm³/mol. The SMILES string of the molecule is CNNC(=O)c1nc(C)c2cc(Cc3ccc(F)cc3)cnc2c1O. The number of halogens is 1. The van der Waals surface area contributed by atoms with Crippen LogP contribution in [0.5, 0.6) is 5.75 Å². The second kappa shape index (κ2) is 6.82. The molecule has 0 aliphatic heterocycles. The Labute approximate surface area is 143 Å². The lowest BCUT2D eigenvalue weighted by atomic mass is 10.0. The third kappa shape index (κ3) is 3.41. The van der Waals surface area contributed by atoms with Crippen LogP contribution in [0.25, 0.3) is 10.9 Å². The van der Waals surface area contributed by atoms with Crippen molar-refractivity contribution in [2.75, 3.05) is 7.05 Å². The standard InChI is InChI=1S/C18H17FN4O2/c1-10-14-8-12(7-11-3-5-13(19)6-4-11)9-21-15(14)17(24)16(22-10)18(25)23-20-2/h3-6,8-9,20,24H,7H2,1-2H3,(H,23,25). The quantitative estimate of drug-likeness (QED) is 0.634. The molecule has 25 heavy (non-hydrogen) atoms. The van der Waals surface area contributed by atoms with E-state index >= 15 is 0 Å². The van der Waals surface area contributed by atoms with Crippen molar-refractivity contribution in [2.24, 2.45) is 0 Å². The van der Waals surface area contributed by atoms with Crippen molar-refractivity contribution < 1.29 is 14.3 Å². The van der Waals surface area contributed by atoms with E-state index in [1.807, 2.05) is 6.07 Å². The lowest BCUT2D eigenvalue weighted by Gasteiger charge is -2.10. The molecule has 1 aromatic carbocycles. The molecule has 128 valence electrons. The third-order valence-electron chi connectivity index (χ3n) is 3.84. The minimum atomic E-state index is -0.540. The highest BCUT2D eigenvalue weighted by Gasteiger charge is 2.18. The maximum Gasteiger partial charge on any atom is 0.287 e. The Bertz CT molecular complexity index is 942. The molecule has 3 N–H and O–H groups in total. The molecule has 0 aliphatic rings. The Morgan fingerprint density at radius 2 is 1.96 bits per heavy atom. The Kier molecular flexibility index (Phi) is 4.58. The zero-order valence-electron chi connectivity index (χ0n) is 13.8.